The van der Waals surface area contributed by atoms with Crippen LogP contribution in [-0.4, -0.2) is 18.2 Å². The van der Waals surface area contributed by atoms with Gasteiger partial charge in [0.1, 0.15) is 5.75 Å². The van der Waals surface area contributed by atoms with Crippen LogP contribution in [0.15, 0.2) is 35.5 Å². The molecule has 1 N–H and O–H groups in total. The molecule has 1 aromatic rings. The summed E-state index contributed by atoms with van der Waals surface area (Å²) in [6.07, 6.45) is 7.58. The van der Waals surface area contributed by atoms with Crippen molar-refractivity contribution in [3.05, 3.63) is 40.9 Å². The van der Waals surface area contributed by atoms with Crippen molar-refractivity contribution >= 4 is 23.2 Å². The van der Waals surface area contributed by atoms with E-state index in [0.29, 0.717) is 36.3 Å². The summed E-state index contributed by atoms with van der Waals surface area (Å²) < 4.78 is 5.67. The number of nitrogens with one attached hydrogen (secondary N) is 1. The average Bonchev–Trinajstić information content (AvgIpc) is 2.87. The third-order valence-electron chi connectivity index (χ3n) is 4.43. The molecule has 122 valence electrons. The number of carbonyl (C=O) groups excluding carboxylic acids is 1. The van der Waals surface area contributed by atoms with Crippen molar-refractivity contribution in [2.75, 3.05) is 6.61 Å². The Morgan fingerprint density at radius 1 is 1.48 bits per heavy atom. The second-order valence-corrected chi connectivity index (χ2v) is 6.57. The molecule has 5 heteroatoms. The lowest BCUT2D eigenvalue weighted by atomic mass is 9.74. The number of amides is 1. The normalized spacial score (nSPS) is 23.5. The number of hydrogen-bond acceptors (Lipinski definition) is 3. The maximum Gasteiger partial charge on any atom is 0.240 e. The molecule has 2 aliphatic carbocycles. The Labute approximate surface area is 141 Å². The summed E-state index contributed by atoms with van der Waals surface area (Å²) in [6, 6.07) is 5.52. The van der Waals surface area contributed by atoms with Gasteiger partial charge in [0.15, 0.2) is 0 Å². The average molecular weight is 333 g/mol. The smallest absolute Gasteiger partial charge is 0.240 e. The Morgan fingerprint density at radius 3 is 3.13 bits per heavy atom. The maximum atomic E-state index is 11.8. The fourth-order valence-electron chi connectivity index (χ4n) is 3.04. The van der Waals surface area contributed by atoms with Gasteiger partial charge in [-0.05, 0) is 55.9 Å². The van der Waals surface area contributed by atoms with Crippen molar-refractivity contribution < 1.29 is 9.53 Å². The van der Waals surface area contributed by atoms with Gasteiger partial charge in [-0.15, -0.1) is 0 Å². The number of fused-ring (bicyclic) bond motifs is 1. The second kappa shape index (κ2) is 7.18. The van der Waals surface area contributed by atoms with E-state index < -0.39 is 0 Å². The zero-order valence-electron chi connectivity index (χ0n) is 13.2. The highest BCUT2D eigenvalue weighted by Gasteiger charge is 2.37. The third-order valence-corrected chi connectivity index (χ3v) is 4.66. The van der Waals surface area contributed by atoms with Gasteiger partial charge in [0.2, 0.25) is 5.91 Å². The van der Waals surface area contributed by atoms with Crippen LogP contribution in [0.1, 0.15) is 31.2 Å². The first kappa shape index (κ1) is 16.1. The van der Waals surface area contributed by atoms with Crippen LogP contribution in [0.3, 0.4) is 0 Å². The van der Waals surface area contributed by atoms with Crippen LogP contribution >= 0.6 is 11.6 Å². The number of aryl methyl sites for hydroxylation is 1. The van der Waals surface area contributed by atoms with Gasteiger partial charge in [-0.1, -0.05) is 23.8 Å². The van der Waals surface area contributed by atoms with Gasteiger partial charge in [0.25, 0.3) is 0 Å². The van der Waals surface area contributed by atoms with Crippen molar-refractivity contribution in [3.8, 4) is 5.75 Å². The Hall–Kier alpha value is -1.81. The molecule has 0 radical (unpaired) electrons. The van der Waals surface area contributed by atoms with Crippen LogP contribution in [0.25, 0.3) is 0 Å². The molecule has 4 nitrogen and oxygen atoms in total. The molecule has 1 aromatic carbocycles. The molecule has 23 heavy (non-hydrogen) atoms. The van der Waals surface area contributed by atoms with E-state index in [2.05, 4.69) is 22.7 Å². The van der Waals surface area contributed by atoms with Crippen LogP contribution in [0.2, 0.25) is 5.02 Å². The number of hydrogen-bond donors (Lipinski definition) is 1. The Balaban J connectivity index is 1.34. The lowest BCUT2D eigenvalue weighted by Gasteiger charge is -2.31. The van der Waals surface area contributed by atoms with Crippen molar-refractivity contribution in [1.82, 2.24) is 5.43 Å². The molecule has 0 aliphatic heterocycles. The third kappa shape index (κ3) is 3.94. The summed E-state index contributed by atoms with van der Waals surface area (Å²) in [5.74, 6) is 1.95. The van der Waals surface area contributed by atoms with Gasteiger partial charge in [0, 0.05) is 23.1 Å². The number of benzene rings is 1. The van der Waals surface area contributed by atoms with Crippen LogP contribution < -0.4 is 10.2 Å². The molecule has 0 saturated heterocycles. The number of ether oxygens (including phenoxy) is 1. The van der Waals surface area contributed by atoms with E-state index in [0.717, 1.165) is 29.9 Å². The minimum atomic E-state index is -0.0525. The Bertz CT molecular complexity index is 654. The highest BCUT2D eigenvalue weighted by atomic mass is 35.5. The first-order chi connectivity index (χ1) is 11.1. The molecule has 2 aliphatic rings. The second-order valence-electron chi connectivity index (χ2n) is 6.14. The lowest BCUT2D eigenvalue weighted by Crippen LogP contribution is -2.35. The summed E-state index contributed by atoms with van der Waals surface area (Å²) in [5.41, 5.74) is 4.79. The van der Waals surface area contributed by atoms with Crippen LogP contribution in [0, 0.1) is 18.8 Å². The van der Waals surface area contributed by atoms with Gasteiger partial charge in [0.05, 0.1) is 6.61 Å². The summed E-state index contributed by atoms with van der Waals surface area (Å²) in [4.78, 5) is 11.8. The monoisotopic (exact) mass is 332 g/mol. The van der Waals surface area contributed by atoms with Crippen LogP contribution in [0.5, 0.6) is 5.75 Å². The summed E-state index contributed by atoms with van der Waals surface area (Å²) in [5, 5.41) is 4.95. The predicted molar refractivity (Wildman–Crippen MR) is 91.8 cm³/mol. The maximum absolute atomic E-state index is 11.8. The van der Waals surface area contributed by atoms with Gasteiger partial charge in [-0.3, -0.25) is 4.79 Å². The number of hydrazone groups is 1. The molecule has 0 spiro atoms. The first-order valence-corrected chi connectivity index (χ1v) is 8.42. The predicted octanol–water partition coefficient (Wildman–Crippen LogP) is 3.88. The standard InChI is InChI=1S/C18H21ClN2O2/c1-12-10-14(19)7-8-17(12)23-9-3-6-18(22)21-20-16-11-13-4-2-5-15(13)16/h2,4,7-8,10,13,15H,3,5-6,9,11H2,1H3,(H,21,22)/b20-16-/t13-,15-/m1/s1. The van der Waals surface area contributed by atoms with Crippen molar-refractivity contribution in [2.45, 2.75) is 32.6 Å². The number of halogens is 1. The molecule has 0 heterocycles. The molecule has 2 atom stereocenters. The number of rotatable bonds is 6. The van der Waals surface area contributed by atoms with Crippen molar-refractivity contribution in [2.24, 2.45) is 16.9 Å². The summed E-state index contributed by atoms with van der Waals surface area (Å²) in [6.45, 7) is 2.45. The first-order valence-electron chi connectivity index (χ1n) is 8.04. The Kier molecular flexibility index (Phi) is 5.01. The summed E-state index contributed by atoms with van der Waals surface area (Å²) >= 11 is 5.91. The molecule has 1 saturated carbocycles. The lowest BCUT2D eigenvalue weighted by molar-refractivity contribution is -0.121. The molecule has 0 unspecified atom stereocenters. The van der Waals surface area contributed by atoms with Crippen LogP contribution in [-0.2, 0) is 4.79 Å². The molecule has 1 fully saturated rings. The Morgan fingerprint density at radius 2 is 2.35 bits per heavy atom. The number of nitrogens with zero attached hydrogens (tertiary/aromatic N) is 1. The largest absolute Gasteiger partial charge is 0.493 e. The molecule has 1 amide bonds. The fraction of sp³-hybridized carbons (Fsp3) is 0.444. The highest BCUT2D eigenvalue weighted by Crippen LogP contribution is 2.40. The molecule has 0 aromatic heterocycles. The minimum absolute atomic E-state index is 0.0525. The number of carbonyl (C=O) groups is 1. The topological polar surface area (TPSA) is 50.7 Å². The molecule has 3 rings (SSSR count). The molecular weight excluding hydrogens is 312 g/mol. The van der Waals surface area contributed by atoms with E-state index in [-0.39, 0.29) is 5.91 Å². The van der Waals surface area contributed by atoms with Gasteiger partial charge < -0.3 is 4.74 Å². The van der Waals surface area contributed by atoms with Gasteiger partial charge in [-0.25, -0.2) is 5.43 Å². The van der Waals surface area contributed by atoms with Crippen molar-refractivity contribution in [3.63, 3.8) is 0 Å². The summed E-state index contributed by atoms with van der Waals surface area (Å²) in [7, 11) is 0. The van der Waals surface area contributed by atoms with Gasteiger partial charge in [-0.2, -0.15) is 5.10 Å². The zero-order chi connectivity index (χ0) is 16.2. The fourth-order valence-corrected chi connectivity index (χ4v) is 3.27. The molecular formula is C18H21ClN2O2. The van der Waals surface area contributed by atoms with Crippen molar-refractivity contribution in [1.29, 1.82) is 0 Å². The number of allylic oxidation sites excluding steroid dienone is 2. The van der Waals surface area contributed by atoms with E-state index in [1.165, 1.54) is 0 Å². The zero-order valence-corrected chi connectivity index (χ0v) is 14.0. The van der Waals surface area contributed by atoms with Crippen LogP contribution in [0.4, 0.5) is 0 Å². The van der Waals surface area contributed by atoms with E-state index in [9.17, 15) is 4.79 Å². The quantitative estimate of drug-likeness (QED) is 0.488. The minimum Gasteiger partial charge on any atom is -0.493 e. The van der Waals surface area contributed by atoms with E-state index in [1.54, 1.807) is 6.07 Å². The van der Waals surface area contributed by atoms with E-state index >= 15 is 0 Å². The SMILES string of the molecule is Cc1cc(Cl)ccc1OCCCC(=O)N/N=C1/C[C@H]2C=CC[C@@H]12. The van der Waals surface area contributed by atoms with Gasteiger partial charge >= 0.3 is 0 Å². The van der Waals surface area contributed by atoms with E-state index in [4.69, 9.17) is 16.3 Å². The molecule has 0 bridgehead atoms. The highest BCUT2D eigenvalue weighted by molar-refractivity contribution is 6.30. The van der Waals surface area contributed by atoms with E-state index in [1.807, 2.05) is 19.1 Å².